The van der Waals surface area contributed by atoms with Gasteiger partial charge in [0.15, 0.2) is 0 Å². The van der Waals surface area contributed by atoms with E-state index in [1.165, 1.54) is 48.3 Å². The van der Waals surface area contributed by atoms with E-state index in [9.17, 15) is 0 Å². The Kier molecular flexibility index (Phi) is 6.50. The molecule has 0 radical (unpaired) electrons. The van der Waals surface area contributed by atoms with E-state index in [2.05, 4.69) is 85.6 Å². The molecule has 1 unspecified atom stereocenters. The first-order valence-electron chi connectivity index (χ1n) is 11.0. The van der Waals surface area contributed by atoms with Crippen LogP contribution in [0.25, 0.3) is 16.8 Å². The van der Waals surface area contributed by atoms with Gasteiger partial charge in [0.2, 0.25) is 0 Å². The van der Waals surface area contributed by atoms with E-state index in [0.29, 0.717) is 0 Å². The van der Waals surface area contributed by atoms with Gasteiger partial charge in [0.25, 0.3) is 0 Å². The molecular formula is C25H33N3OS2. The van der Waals surface area contributed by atoms with Gasteiger partial charge >= 0.3 is 0 Å². The second kappa shape index (κ2) is 8.99. The molecule has 1 saturated heterocycles. The van der Waals surface area contributed by atoms with Gasteiger partial charge < -0.3 is 9.64 Å². The standard InChI is InChI=1S/C25H33N3OS2/c1-7-12-25(13-9-14-31-25)27(4)23-20-11-8-10-19(28(20)26-24(23)30-6)22-18(3)15-17(2)16-21(22)29-5/h8,10-11,15-16H,7,9,12-14H2,1-6H3. The van der Waals surface area contributed by atoms with Crippen molar-refractivity contribution in [1.29, 1.82) is 0 Å². The molecule has 4 nitrogen and oxygen atoms in total. The highest BCUT2D eigenvalue weighted by Crippen LogP contribution is 2.49. The van der Waals surface area contributed by atoms with Gasteiger partial charge in [-0.2, -0.15) is 5.10 Å². The summed E-state index contributed by atoms with van der Waals surface area (Å²) in [5.41, 5.74) is 7.01. The number of thioether (sulfide) groups is 2. The summed E-state index contributed by atoms with van der Waals surface area (Å²) >= 11 is 3.85. The maximum Gasteiger partial charge on any atom is 0.142 e. The average molecular weight is 456 g/mol. The third-order valence-electron chi connectivity index (χ3n) is 6.38. The van der Waals surface area contributed by atoms with Crippen molar-refractivity contribution in [2.24, 2.45) is 0 Å². The predicted molar refractivity (Wildman–Crippen MR) is 136 cm³/mol. The zero-order chi connectivity index (χ0) is 22.2. The minimum absolute atomic E-state index is 0.163. The van der Waals surface area contributed by atoms with Gasteiger partial charge in [0.1, 0.15) is 10.8 Å². The number of aryl methyl sites for hydroxylation is 2. The molecule has 1 aliphatic heterocycles. The average Bonchev–Trinajstić information content (AvgIpc) is 3.38. The molecule has 31 heavy (non-hydrogen) atoms. The summed E-state index contributed by atoms with van der Waals surface area (Å²) < 4.78 is 7.91. The molecular weight excluding hydrogens is 422 g/mol. The van der Waals surface area contributed by atoms with Crippen molar-refractivity contribution in [1.82, 2.24) is 9.61 Å². The first kappa shape index (κ1) is 22.4. The summed E-state index contributed by atoms with van der Waals surface area (Å²) in [7, 11) is 4.02. The van der Waals surface area contributed by atoms with E-state index < -0.39 is 0 Å². The van der Waals surface area contributed by atoms with Crippen LogP contribution in [0, 0.1) is 13.8 Å². The molecule has 0 N–H and O–H groups in total. The molecule has 0 aliphatic carbocycles. The van der Waals surface area contributed by atoms with E-state index in [4.69, 9.17) is 9.84 Å². The Morgan fingerprint density at radius 1 is 1.29 bits per heavy atom. The fraction of sp³-hybridized carbons (Fsp3) is 0.480. The van der Waals surface area contributed by atoms with Crippen molar-refractivity contribution in [3.05, 3.63) is 41.5 Å². The zero-order valence-corrected chi connectivity index (χ0v) is 21.1. The maximum atomic E-state index is 5.79. The van der Waals surface area contributed by atoms with E-state index in [1.807, 2.05) is 0 Å². The number of nitrogens with zero attached hydrogens (tertiary/aromatic N) is 3. The number of ether oxygens (including phenoxy) is 1. The molecule has 1 aliphatic rings. The summed E-state index contributed by atoms with van der Waals surface area (Å²) in [5.74, 6) is 2.14. The Morgan fingerprint density at radius 2 is 2.10 bits per heavy atom. The Balaban J connectivity index is 1.94. The SMILES string of the molecule is CCCC1(N(C)c2c(SC)nn3c(-c4c(C)cc(C)cc4OC)cccc23)CCCS1. The lowest BCUT2D eigenvalue weighted by atomic mass is 10.0. The molecule has 1 atom stereocenters. The topological polar surface area (TPSA) is 29.8 Å². The van der Waals surface area contributed by atoms with Crippen LogP contribution in [0.2, 0.25) is 0 Å². The van der Waals surface area contributed by atoms with E-state index in [1.54, 1.807) is 18.9 Å². The quantitative estimate of drug-likeness (QED) is 0.365. The number of fused-ring (bicyclic) bond motifs is 1. The molecule has 2 aromatic heterocycles. The van der Waals surface area contributed by atoms with E-state index in [-0.39, 0.29) is 4.87 Å². The van der Waals surface area contributed by atoms with Crippen molar-refractivity contribution in [3.63, 3.8) is 0 Å². The van der Waals surface area contributed by atoms with Gasteiger partial charge in [-0.15, -0.1) is 23.5 Å². The largest absolute Gasteiger partial charge is 0.496 e. The molecule has 0 bridgehead atoms. The summed E-state index contributed by atoms with van der Waals surface area (Å²) in [5, 5.41) is 6.19. The molecule has 0 spiro atoms. The second-order valence-corrected chi connectivity index (χ2v) is 10.7. The number of benzene rings is 1. The maximum absolute atomic E-state index is 5.79. The Labute approximate surface area is 194 Å². The van der Waals surface area contributed by atoms with Crippen LogP contribution in [0.5, 0.6) is 5.75 Å². The van der Waals surface area contributed by atoms with Crippen LogP contribution < -0.4 is 9.64 Å². The minimum atomic E-state index is 0.163. The summed E-state index contributed by atoms with van der Waals surface area (Å²) in [6.45, 7) is 6.56. The van der Waals surface area contributed by atoms with Crippen molar-refractivity contribution in [3.8, 4) is 17.0 Å². The number of anilines is 1. The zero-order valence-electron chi connectivity index (χ0n) is 19.5. The van der Waals surface area contributed by atoms with E-state index >= 15 is 0 Å². The summed E-state index contributed by atoms with van der Waals surface area (Å²) in [4.78, 5) is 2.70. The number of rotatable bonds is 7. The highest BCUT2D eigenvalue weighted by Gasteiger charge is 2.40. The van der Waals surface area contributed by atoms with Crippen molar-refractivity contribution >= 4 is 34.7 Å². The molecule has 166 valence electrons. The van der Waals surface area contributed by atoms with Crippen LogP contribution in [-0.4, -0.2) is 40.7 Å². The minimum Gasteiger partial charge on any atom is -0.496 e. The lowest BCUT2D eigenvalue weighted by molar-refractivity contribution is 0.415. The number of pyridine rings is 1. The number of hydrogen-bond donors (Lipinski definition) is 0. The molecule has 0 amide bonds. The van der Waals surface area contributed by atoms with Crippen LogP contribution in [0.4, 0.5) is 5.69 Å². The summed E-state index contributed by atoms with van der Waals surface area (Å²) in [6.07, 6.45) is 7.04. The third-order valence-corrected chi connectivity index (χ3v) is 8.76. The number of aromatic nitrogens is 2. The van der Waals surface area contributed by atoms with E-state index in [0.717, 1.165) is 27.5 Å². The van der Waals surface area contributed by atoms with Crippen LogP contribution in [0.1, 0.15) is 43.7 Å². The molecule has 1 aromatic carbocycles. The van der Waals surface area contributed by atoms with Crippen molar-refractivity contribution < 1.29 is 4.74 Å². The van der Waals surface area contributed by atoms with Gasteiger partial charge in [-0.05, 0) is 74.4 Å². The smallest absolute Gasteiger partial charge is 0.142 e. The Morgan fingerprint density at radius 3 is 2.74 bits per heavy atom. The van der Waals surface area contributed by atoms with Crippen LogP contribution in [-0.2, 0) is 0 Å². The molecule has 1 fully saturated rings. The van der Waals surface area contributed by atoms with Gasteiger partial charge in [0.05, 0.1) is 28.9 Å². The Bertz CT molecular complexity index is 1090. The molecule has 4 rings (SSSR count). The van der Waals surface area contributed by atoms with Gasteiger partial charge in [0, 0.05) is 12.6 Å². The van der Waals surface area contributed by atoms with Gasteiger partial charge in [-0.25, -0.2) is 4.52 Å². The lowest BCUT2D eigenvalue weighted by Gasteiger charge is -2.39. The van der Waals surface area contributed by atoms with Gasteiger partial charge in [-0.1, -0.05) is 25.5 Å². The van der Waals surface area contributed by atoms with Gasteiger partial charge in [-0.3, -0.25) is 0 Å². The molecule has 0 saturated carbocycles. The normalized spacial score (nSPS) is 18.6. The first-order chi connectivity index (χ1) is 15.0. The third kappa shape index (κ3) is 3.82. The fourth-order valence-corrected chi connectivity index (χ4v) is 7.19. The Hall–Kier alpha value is -1.79. The van der Waals surface area contributed by atoms with Crippen molar-refractivity contribution in [2.45, 2.75) is 56.4 Å². The molecule has 6 heteroatoms. The highest BCUT2D eigenvalue weighted by molar-refractivity contribution is 8.01. The van der Waals surface area contributed by atoms with Crippen LogP contribution in [0.15, 0.2) is 35.4 Å². The number of methoxy groups -OCH3 is 1. The highest BCUT2D eigenvalue weighted by atomic mass is 32.2. The summed E-state index contributed by atoms with van der Waals surface area (Å²) in [6, 6.07) is 10.8. The molecule has 3 heterocycles. The van der Waals surface area contributed by atoms with Crippen LogP contribution in [0.3, 0.4) is 0 Å². The predicted octanol–water partition coefficient (Wildman–Crippen LogP) is 6.81. The van der Waals surface area contributed by atoms with Crippen LogP contribution >= 0.6 is 23.5 Å². The second-order valence-electron chi connectivity index (χ2n) is 8.43. The fourth-order valence-electron chi connectivity index (χ4n) is 5.00. The monoisotopic (exact) mass is 455 g/mol. The molecule has 3 aromatic rings. The lowest BCUT2D eigenvalue weighted by Crippen LogP contribution is -2.42. The first-order valence-corrected chi connectivity index (χ1v) is 13.3. The number of hydrogen-bond acceptors (Lipinski definition) is 5. The van der Waals surface area contributed by atoms with Crippen molar-refractivity contribution in [2.75, 3.05) is 31.1 Å².